The number of aliphatic carboxylic acids is 1. The van der Waals surface area contributed by atoms with Crippen molar-refractivity contribution in [2.24, 2.45) is 0 Å². The average molecular weight is 268 g/mol. The molecule has 2 N–H and O–H groups in total. The van der Waals surface area contributed by atoms with Crippen LogP contribution in [0.2, 0.25) is 0 Å². The number of carboxylic acid groups (broad SMARTS) is 1. The van der Waals surface area contributed by atoms with Crippen molar-refractivity contribution in [1.29, 1.82) is 0 Å². The van der Waals surface area contributed by atoms with Crippen LogP contribution in [0.3, 0.4) is 0 Å². The minimum absolute atomic E-state index is 0.312. The van der Waals surface area contributed by atoms with Gasteiger partial charge in [0.05, 0.1) is 12.8 Å². The van der Waals surface area contributed by atoms with Crippen molar-refractivity contribution in [1.82, 2.24) is 10.2 Å². The molecule has 106 valence electrons. The van der Waals surface area contributed by atoms with Crippen molar-refractivity contribution in [3.8, 4) is 0 Å². The first kappa shape index (κ1) is 15.1. The zero-order valence-corrected chi connectivity index (χ0v) is 11.5. The van der Waals surface area contributed by atoms with Gasteiger partial charge in [0.25, 0.3) is 0 Å². The second-order valence-corrected chi connectivity index (χ2v) is 4.51. The number of hydrogen-bond acceptors (Lipinski definition) is 3. The zero-order valence-electron chi connectivity index (χ0n) is 11.5. The van der Waals surface area contributed by atoms with Crippen molar-refractivity contribution >= 4 is 12.0 Å². The molecule has 1 aromatic heterocycles. The highest BCUT2D eigenvalue weighted by Gasteiger charge is 2.34. The van der Waals surface area contributed by atoms with E-state index >= 15 is 0 Å². The second kappa shape index (κ2) is 6.26. The van der Waals surface area contributed by atoms with Gasteiger partial charge in [-0.05, 0) is 32.4 Å². The van der Waals surface area contributed by atoms with Crippen LogP contribution in [0.1, 0.15) is 33.0 Å². The molecule has 0 saturated heterocycles. The maximum Gasteiger partial charge on any atom is 0.329 e. The third-order valence-electron chi connectivity index (χ3n) is 3.16. The van der Waals surface area contributed by atoms with E-state index in [4.69, 9.17) is 9.52 Å². The number of nitrogens with one attached hydrogen (secondary N) is 1. The lowest BCUT2D eigenvalue weighted by molar-refractivity contribution is -0.143. The Labute approximate surface area is 112 Å². The lowest BCUT2D eigenvalue weighted by Crippen LogP contribution is -2.55. The highest BCUT2D eigenvalue weighted by Crippen LogP contribution is 2.12. The molecule has 0 bridgehead atoms. The van der Waals surface area contributed by atoms with E-state index in [9.17, 15) is 9.59 Å². The molecule has 0 radical (unpaired) electrons. The number of hydrogen-bond donors (Lipinski definition) is 2. The van der Waals surface area contributed by atoms with E-state index in [-0.39, 0.29) is 0 Å². The summed E-state index contributed by atoms with van der Waals surface area (Å²) in [4.78, 5) is 24.7. The summed E-state index contributed by atoms with van der Waals surface area (Å²) in [7, 11) is 0. The summed E-state index contributed by atoms with van der Waals surface area (Å²) in [5.41, 5.74) is -1.26. The Kier molecular flexibility index (Phi) is 4.97. The number of rotatable bonds is 6. The topological polar surface area (TPSA) is 82.8 Å². The van der Waals surface area contributed by atoms with E-state index in [1.165, 1.54) is 18.1 Å². The van der Waals surface area contributed by atoms with Gasteiger partial charge in [0.1, 0.15) is 11.3 Å². The van der Waals surface area contributed by atoms with Gasteiger partial charge in [-0.25, -0.2) is 9.59 Å². The zero-order chi connectivity index (χ0) is 14.5. The molecule has 0 saturated carbocycles. The molecule has 1 aromatic rings. The molecule has 1 heterocycles. The fraction of sp³-hybridized carbons (Fsp3) is 0.538. The molecule has 1 rings (SSSR count). The molecule has 0 aliphatic rings. The molecule has 0 fully saturated rings. The Morgan fingerprint density at radius 3 is 2.58 bits per heavy atom. The predicted octanol–water partition coefficient (Wildman–Crippen LogP) is 2.06. The minimum atomic E-state index is -1.26. The first-order valence-corrected chi connectivity index (χ1v) is 6.25. The van der Waals surface area contributed by atoms with E-state index in [0.29, 0.717) is 25.3 Å². The first-order valence-electron chi connectivity index (χ1n) is 6.25. The summed E-state index contributed by atoms with van der Waals surface area (Å²) < 4.78 is 5.18. The van der Waals surface area contributed by atoms with Gasteiger partial charge in [-0.3, -0.25) is 0 Å². The van der Waals surface area contributed by atoms with Crippen LogP contribution in [0.5, 0.6) is 0 Å². The van der Waals surface area contributed by atoms with Crippen LogP contribution in [-0.4, -0.2) is 34.1 Å². The third-order valence-corrected chi connectivity index (χ3v) is 3.16. The smallest absolute Gasteiger partial charge is 0.329 e. The van der Waals surface area contributed by atoms with E-state index in [2.05, 4.69) is 5.32 Å². The largest absolute Gasteiger partial charge is 0.480 e. The molecule has 6 nitrogen and oxygen atoms in total. The van der Waals surface area contributed by atoms with Crippen molar-refractivity contribution in [2.45, 2.75) is 39.3 Å². The molecule has 2 amide bonds. The van der Waals surface area contributed by atoms with Gasteiger partial charge in [0.15, 0.2) is 0 Å². The number of furan rings is 1. The number of carbonyl (C=O) groups excluding carboxylic acids is 1. The lowest BCUT2D eigenvalue weighted by atomic mass is 10.00. The number of carboxylic acids is 1. The van der Waals surface area contributed by atoms with Crippen LogP contribution in [-0.2, 0) is 11.3 Å². The summed E-state index contributed by atoms with van der Waals surface area (Å²) in [6.07, 6.45) is 1.85. The highest BCUT2D eigenvalue weighted by molar-refractivity contribution is 5.85. The van der Waals surface area contributed by atoms with Gasteiger partial charge in [0.2, 0.25) is 0 Å². The van der Waals surface area contributed by atoms with Crippen LogP contribution in [0.15, 0.2) is 22.8 Å². The van der Waals surface area contributed by atoms with Gasteiger partial charge in [0, 0.05) is 6.54 Å². The molecule has 19 heavy (non-hydrogen) atoms. The van der Waals surface area contributed by atoms with Crippen LogP contribution >= 0.6 is 0 Å². The van der Waals surface area contributed by atoms with Gasteiger partial charge < -0.3 is 19.7 Å². The molecular formula is C13H20N2O4. The second-order valence-electron chi connectivity index (χ2n) is 4.51. The fourth-order valence-corrected chi connectivity index (χ4v) is 1.53. The Balaban J connectivity index is 2.71. The Morgan fingerprint density at radius 1 is 1.47 bits per heavy atom. The van der Waals surface area contributed by atoms with E-state index in [1.54, 1.807) is 19.1 Å². The number of nitrogens with zero attached hydrogens (tertiary/aromatic N) is 1. The van der Waals surface area contributed by atoms with E-state index in [0.717, 1.165) is 0 Å². The quantitative estimate of drug-likeness (QED) is 0.827. The van der Waals surface area contributed by atoms with Crippen LogP contribution in [0.25, 0.3) is 0 Å². The molecule has 1 atom stereocenters. The summed E-state index contributed by atoms with van der Waals surface area (Å²) in [6.45, 7) is 5.82. The Morgan fingerprint density at radius 2 is 2.16 bits per heavy atom. The third kappa shape index (κ3) is 3.74. The van der Waals surface area contributed by atoms with Crippen LogP contribution < -0.4 is 5.32 Å². The summed E-state index contributed by atoms with van der Waals surface area (Å²) >= 11 is 0. The molecule has 0 aliphatic heterocycles. The van der Waals surface area contributed by atoms with Gasteiger partial charge >= 0.3 is 12.0 Å². The Bertz CT molecular complexity index is 430. The molecular weight excluding hydrogens is 248 g/mol. The van der Waals surface area contributed by atoms with Gasteiger partial charge in [-0.15, -0.1) is 0 Å². The number of carbonyl (C=O) groups is 2. The van der Waals surface area contributed by atoms with Gasteiger partial charge in [-0.1, -0.05) is 6.92 Å². The average Bonchev–Trinajstić information content (AvgIpc) is 2.88. The first-order chi connectivity index (χ1) is 8.92. The molecule has 6 heteroatoms. The van der Waals surface area contributed by atoms with Crippen LogP contribution in [0, 0.1) is 0 Å². The summed E-state index contributed by atoms with van der Waals surface area (Å²) in [6, 6.07) is 3.10. The normalized spacial score (nSPS) is 13.6. The van der Waals surface area contributed by atoms with Crippen molar-refractivity contribution in [3.63, 3.8) is 0 Å². The predicted molar refractivity (Wildman–Crippen MR) is 69.7 cm³/mol. The lowest BCUT2D eigenvalue weighted by Gasteiger charge is -2.29. The molecule has 0 aromatic carbocycles. The summed E-state index contributed by atoms with van der Waals surface area (Å²) in [5.74, 6) is -0.386. The molecule has 0 aliphatic carbocycles. The molecule has 0 spiro atoms. The Hall–Kier alpha value is -1.98. The highest BCUT2D eigenvalue weighted by atomic mass is 16.4. The van der Waals surface area contributed by atoms with Crippen molar-refractivity contribution in [3.05, 3.63) is 24.2 Å². The molecule has 1 unspecified atom stereocenters. The van der Waals surface area contributed by atoms with Crippen molar-refractivity contribution in [2.75, 3.05) is 6.54 Å². The van der Waals surface area contributed by atoms with Crippen molar-refractivity contribution < 1.29 is 19.1 Å². The fourth-order valence-electron chi connectivity index (χ4n) is 1.53. The summed E-state index contributed by atoms with van der Waals surface area (Å²) in [5, 5.41) is 11.7. The standard InChI is InChI=1S/C13H20N2O4/c1-4-13(3,11(16)17)14-12(18)15(5-2)9-10-7-6-8-19-10/h6-8H,4-5,9H2,1-3H3,(H,14,18)(H,16,17). The van der Waals surface area contributed by atoms with Crippen LogP contribution in [0.4, 0.5) is 4.79 Å². The van der Waals surface area contributed by atoms with E-state index < -0.39 is 17.5 Å². The maximum absolute atomic E-state index is 12.1. The minimum Gasteiger partial charge on any atom is -0.480 e. The maximum atomic E-state index is 12.1. The number of urea groups is 1. The van der Waals surface area contributed by atoms with E-state index in [1.807, 2.05) is 6.92 Å². The van der Waals surface area contributed by atoms with Gasteiger partial charge in [-0.2, -0.15) is 0 Å². The SMILES string of the molecule is CCN(Cc1ccco1)C(=O)NC(C)(CC)C(=O)O. The monoisotopic (exact) mass is 268 g/mol. The number of amides is 2.